The SMILES string of the molecule is CCC(=O)OCCS(=O)(=O)c1c(F)c(F)c(S(N)(=O)=O)c(F)c1F. The average molecular weight is 393 g/mol. The lowest BCUT2D eigenvalue weighted by Gasteiger charge is -2.11. The van der Waals surface area contributed by atoms with Crippen molar-refractivity contribution in [2.75, 3.05) is 12.4 Å². The van der Waals surface area contributed by atoms with Crippen LogP contribution in [0.1, 0.15) is 13.3 Å². The molecule has 0 saturated carbocycles. The normalized spacial score (nSPS) is 12.2. The van der Waals surface area contributed by atoms with Crippen LogP contribution >= 0.6 is 0 Å². The summed E-state index contributed by atoms with van der Waals surface area (Å²) in [6.07, 6.45) is -0.102. The molecule has 0 bridgehead atoms. The van der Waals surface area contributed by atoms with Crippen LogP contribution in [0.5, 0.6) is 0 Å². The second-order valence-corrected chi connectivity index (χ2v) is 7.90. The van der Waals surface area contributed by atoms with E-state index in [0.29, 0.717) is 0 Å². The molecule has 0 unspecified atom stereocenters. The molecule has 13 heteroatoms. The van der Waals surface area contributed by atoms with E-state index in [9.17, 15) is 39.2 Å². The standard InChI is InChI=1S/C11H11F4NO6S2/c1-2-5(17)22-3-4-23(18,19)10-6(12)8(14)11(24(16,20)21)9(15)7(10)13/h2-4H2,1H3,(H2,16,20,21). The maximum absolute atomic E-state index is 13.8. The summed E-state index contributed by atoms with van der Waals surface area (Å²) < 4.78 is 105. The fourth-order valence-electron chi connectivity index (χ4n) is 1.58. The Morgan fingerprint density at radius 3 is 1.75 bits per heavy atom. The van der Waals surface area contributed by atoms with Gasteiger partial charge in [-0.15, -0.1) is 0 Å². The van der Waals surface area contributed by atoms with E-state index < -0.39 is 71.2 Å². The number of rotatable bonds is 6. The molecule has 0 radical (unpaired) electrons. The van der Waals surface area contributed by atoms with Crippen LogP contribution < -0.4 is 5.14 Å². The smallest absolute Gasteiger partial charge is 0.305 e. The lowest BCUT2D eigenvalue weighted by atomic mass is 10.3. The van der Waals surface area contributed by atoms with E-state index in [-0.39, 0.29) is 6.42 Å². The molecular formula is C11H11F4NO6S2. The number of primary sulfonamides is 1. The minimum atomic E-state index is -5.20. The molecule has 136 valence electrons. The van der Waals surface area contributed by atoms with Gasteiger partial charge in [0.2, 0.25) is 10.0 Å². The van der Waals surface area contributed by atoms with Gasteiger partial charge in [-0.3, -0.25) is 4.79 Å². The first-order valence-electron chi connectivity index (χ1n) is 6.11. The zero-order valence-electron chi connectivity index (χ0n) is 12.0. The average Bonchev–Trinajstić information content (AvgIpc) is 2.43. The van der Waals surface area contributed by atoms with E-state index in [2.05, 4.69) is 9.88 Å². The molecule has 0 amide bonds. The Kier molecular flexibility index (Phi) is 5.95. The van der Waals surface area contributed by atoms with E-state index in [1.807, 2.05) is 0 Å². The Bertz CT molecular complexity index is 853. The van der Waals surface area contributed by atoms with Gasteiger partial charge < -0.3 is 4.74 Å². The van der Waals surface area contributed by atoms with Gasteiger partial charge in [-0.05, 0) is 0 Å². The summed E-state index contributed by atoms with van der Waals surface area (Å²) in [6.45, 7) is 0.570. The van der Waals surface area contributed by atoms with Gasteiger partial charge in [-0.25, -0.2) is 39.5 Å². The zero-order chi connectivity index (χ0) is 18.9. The van der Waals surface area contributed by atoms with Gasteiger partial charge in [0.25, 0.3) is 0 Å². The van der Waals surface area contributed by atoms with Crippen molar-refractivity contribution in [3.63, 3.8) is 0 Å². The van der Waals surface area contributed by atoms with Gasteiger partial charge in [0.15, 0.2) is 38.0 Å². The van der Waals surface area contributed by atoms with Gasteiger partial charge in [0.1, 0.15) is 11.5 Å². The molecule has 7 nitrogen and oxygen atoms in total. The van der Waals surface area contributed by atoms with Crippen molar-refractivity contribution in [2.24, 2.45) is 5.14 Å². The molecule has 0 aromatic heterocycles. The molecule has 0 heterocycles. The molecule has 0 aliphatic rings. The number of nitrogens with two attached hydrogens (primary N) is 1. The van der Waals surface area contributed by atoms with Crippen molar-refractivity contribution in [1.29, 1.82) is 0 Å². The molecule has 0 spiro atoms. The van der Waals surface area contributed by atoms with Crippen LogP contribution in [0, 0.1) is 23.3 Å². The number of hydrogen-bond acceptors (Lipinski definition) is 6. The first-order valence-corrected chi connectivity index (χ1v) is 9.31. The van der Waals surface area contributed by atoms with Gasteiger partial charge in [0, 0.05) is 6.42 Å². The van der Waals surface area contributed by atoms with Crippen LogP contribution in [-0.2, 0) is 29.4 Å². The Morgan fingerprint density at radius 2 is 1.38 bits per heavy atom. The highest BCUT2D eigenvalue weighted by atomic mass is 32.2. The number of benzene rings is 1. The van der Waals surface area contributed by atoms with Crippen LogP contribution in [0.3, 0.4) is 0 Å². The van der Waals surface area contributed by atoms with E-state index in [4.69, 9.17) is 0 Å². The molecule has 0 fully saturated rings. The van der Waals surface area contributed by atoms with E-state index >= 15 is 0 Å². The van der Waals surface area contributed by atoms with Crippen molar-refractivity contribution >= 4 is 25.8 Å². The lowest BCUT2D eigenvalue weighted by molar-refractivity contribution is -0.142. The number of sulfone groups is 1. The molecule has 1 aromatic rings. The zero-order valence-corrected chi connectivity index (χ0v) is 13.6. The van der Waals surface area contributed by atoms with Crippen molar-refractivity contribution in [3.05, 3.63) is 23.3 Å². The lowest BCUT2D eigenvalue weighted by Crippen LogP contribution is -2.23. The first kappa shape index (κ1) is 20.3. The topological polar surface area (TPSA) is 121 Å². The number of ether oxygens (including phenoxy) is 1. The van der Waals surface area contributed by atoms with Gasteiger partial charge in [-0.2, -0.15) is 0 Å². The largest absolute Gasteiger partial charge is 0.465 e. The summed E-state index contributed by atoms with van der Waals surface area (Å²) in [5.41, 5.74) is 0. The van der Waals surface area contributed by atoms with Gasteiger partial charge >= 0.3 is 5.97 Å². The third kappa shape index (κ3) is 4.02. The van der Waals surface area contributed by atoms with Crippen molar-refractivity contribution in [1.82, 2.24) is 0 Å². The number of hydrogen-bond donors (Lipinski definition) is 1. The minimum Gasteiger partial charge on any atom is -0.465 e. The number of halogens is 4. The van der Waals surface area contributed by atoms with Crippen LogP contribution in [0.15, 0.2) is 9.79 Å². The molecule has 2 N–H and O–H groups in total. The molecule has 0 atom stereocenters. The second-order valence-electron chi connectivity index (χ2n) is 4.35. The number of carbonyl (C=O) groups is 1. The van der Waals surface area contributed by atoms with Gasteiger partial charge in [-0.1, -0.05) is 6.92 Å². The Balaban J connectivity index is 3.43. The molecule has 0 saturated heterocycles. The quantitative estimate of drug-likeness (QED) is 0.430. The Labute approximate surface area is 134 Å². The predicted octanol–water partition coefficient (Wildman–Crippen LogP) is 0.617. The summed E-state index contributed by atoms with van der Waals surface area (Å²) >= 11 is 0. The summed E-state index contributed by atoms with van der Waals surface area (Å²) in [5, 5.41) is 4.44. The molecular weight excluding hydrogens is 382 g/mol. The van der Waals surface area contributed by atoms with Crippen LogP contribution in [0.25, 0.3) is 0 Å². The van der Waals surface area contributed by atoms with Crippen LogP contribution in [0.2, 0.25) is 0 Å². The molecule has 1 rings (SSSR count). The molecule has 0 aliphatic heterocycles. The minimum absolute atomic E-state index is 0.102. The number of esters is 1. The molecule has 1 aromatic carbocycles. The third-order valence-corrected chi connectivity index (χ3v) is 5.29. The second kappa shape index (κ2) is 7.03. The van der Waals surface area contributed by atoms with Crippen LogP contribution in [0.4, 0.5) is 17.6 Å². The first-order chi connectivity index (χ1) is 10.8. The van der Waals surface area contributed by atoms with E-state index in [0.717, 1.165) is 0 Å². The van der Waals surface area contributed by atoms with Crippen molar-refractivity contribution in [2.45, 2.75) is 23.1 Å². The fraction of sp³-hybridized carbons (Fsp3) is 0.364. The maximum atomic E-state index is 13.8. The fourth-order valence-corrected chi connectivity index (χ4v) is 3.49. The molecule has 0 aliphatic carbocycles. The van der Waals surface area contributed by atoms with E-state index in [1.165, 1.54) is 6.92 Å². The maximum Gasteiger partial charge on any atom is 0.305 e. The Hall–Kier alpha value is -1.73. The van der Waals surface area contributed by atoms with Crippen molar-refractivity contribution in [3.8, 4) is 0 Å². The van der Waals surface area contributed by atoms with E-state index in [1.54, 1.807) is 0 Å². The summed E-state index contributed by atoms with van der Waals surface area (Å²) in [7, 11) is -10.2. The van der Waals surface area contributed by atoms with Crippen LogP contribution in [-0.4, -0.2) is 35.2 Å². The monoisotopic (exact) mass is 393 g/mol. The number of sulfonamides is 1. The third-order valence-electron chi connectivity index (χ3n) is 2.68. The number of carbonyl (C=O) groups excluding carboxylic acids is 1. The molecule has 24 heavy (non-hydrogen) atoms. The van der Waals surface area contributed by atoms with Gasteiger partial charge in [0.05, 0.1) is 5.75 Å². The highest BCUT2D eigenvalue weighted by Crippen LogP contribution is 2.30. The summed E-state index contributed by atoms with van der Waals surface area (Å²) in [4.78, 5) is 6.72. The van der Waals surface area contributed by atoms with Crippen molar-refractivity contribution < 1.29 is 43.9 Å². The predicted molar refractivity (Wildman–Crippen MR) is 71.0 cm³/mol. The summed E-state index contributed by atoms with van der Waals surface area (Å²) in [6, 6.07) is 0. The Morgan fingerprint density at radius 1 is 0.958 bits per heavy atom. The summed E-state index contributed by atoms with van der Waals surface area (Å²) in [5.74, 6) is -11.8. The highest BCUT2D eigenvalue weighted by molar-refractivity contribution is 7.91. The highest BCUT2D eigenvalue weighted by Gasteiger charge is 2.36.